The molecule has 20 heavy (non-hydrogen) atoms. The van der Waals surface area contributed by atoms with Gasteiger partial charge in [0.25, 0.3) is 0 Å². The first-order valence-corrected chi connectivity index (χ1v) is 7.19. The minimum Gasteiger partial charge on any atom is -0.384 e. The zero-order chi connectivity index (χ0) is 14.1. The fourth-order valence-electron chi connectivity index (χ4n) is 2.18. The summed E-state index contributed by atoms with van der Waals surface area (Å²) >= 11 is 1.44. The van der Waals surface area contributed by atoms with Gasteiger partial charge in [0.2, 0.25) is 11.1 Å². The van der Waals surface area contributed by atoms with E-state index in [1.165, 1.54) is 11.8 Å². The molecule has 0 spiro atoms. The molecule has 2 heterocycles. The molecule has 3 N–H and O–H groups in total. The van der Waals surface area contributed by atoms with Crippen LogP contribution in [0.1, 0.15) is 11.6 Å². The number of nitrogens with one attached hydrogen (secondary N) is 1. The average Bonchev–Trinajstić information content (AvgIpc) is 2.89. The van der Waals surface area contributed by atoms with E-state index >= 15 is 0 Å². The number of nitrogens with zero attached hydrogens (tertiary/aromatic N) is 4. The van der Waals surface area contributed by atoms with Gasteiger partial charge in [-0.2, -0.15) is 10.2 Å². The van der Waals surface area contributed by atoms with Crippen LogP contribution in [0.2, 0.25) is 0 Å². The molecule has 0 fully saturated rings. The number of aromatic nitrogens is 3. The normalized spacial score (nSPS) is 17.3. The van der Waals surface area contributed by atoms with Crippen LogP contribution >= 0.6 is 11.8 Å². The number of fused-ring (bicyclic) bond motifs is 1. The lowest BCUT2D eigenvalue weighted by Gasteiger charge is -2.25. The number of thioether (sulfide) groups is 1. The van der Waals surface area contributed by atoms with Gasteiger partial charge < -0.3 is 11.1 Å². The monoisotopic (exact) mass is 284 g/mol. The Morgan fingerprint density at radius 2 is 2.15 bits per heavy atom. The van der Waals surface area contributed by atoms with Crippen molar-refractivity contribution in [1.82, 2.24) is 14.8 Å². The molecule has 1 aromatic carbocycles. The van der Waals surface area contributed by atoms with Crippen molar-refractivity contribution in [2.75, 3.05) is 11.6 Å². The zero-order valence-corrected chi connectivity index (χ0v) is 11.6. The number of anilines is 1. The summed E-state index contributed by atoms with van der Waals surface area (Å²) < 4.78 is 1.70. The van der Waals surface area contributed by atoms with E-state index in [0.717, 1.165) is 5.56 Å². The molecule has 0 unspecified atom stereocenters. The molecule has 0 saturated heterocycles. The highest BCUT2D eigenvalue weighted by atomic mass is 32.2. The lowest BCUT2D eigenvalue weighted by molar-refractivity contribution is 0.574. The first-order valence-electron chi connectivity index (χ1n) is 5.97. The van der Waals surface area contributed by atoms with Crippen LogP contribution in [0.25, 0.3) is 0 Å². The minimum atomic E-state index is -0.342. The number of hydrogen-bond acceptors (Lipinski definition) is 6. The Balaban J connectivity index is 2.19. The van der Waals surface area contributed by atoms with Gasteiger partial charge in [-0.3, -0.25) is 0 Å². The van der Waals surface area contributed by atoms with E-state index in [1.807, 2.05) is 36.6 Å². The average molecular weight is 284 g/mol. The van der Waals surface area contributed by atoms with Gasteiger partial charge in [-0.15, -0.1) is 5.10 Å². The number of rotatable bonds is 2. The predicted octanol–water partition coefficient (Wildman–Crippen LogP) is 1.71. The van der Waals surface area contributed by atoms with E-state index in [0.29, 0.717) is 22.5 Å². The van der Waals surface area contributed by atoms with Crippen molar-refractivity contribution in [2.45, 2.75) is 11.2 Å². The summed E-state index contributed by atoms with van der Waals surface area (Å²) in [5.74, 6) is 0.883. The van der Waals surface area contributed by atoms with Crippen molar-refractivity contribution in [3.8, 4) is 6.07 Å². The highest BCUT2D eigenvalue weighted by Crippen LogP contribution is 2.33. The first-order chi connectivity index (χ1) is 9.74. The second-order valence-corrected chi connectivity index (χ2v) is 5.02. The van der Waals surface area contributed by atoms with E-state index in [4.69, 9.17) is 5.73 Å². The SMILES string of the molecule is CSc1nc2n(n1)[C@H](c1ccccc1)C(C#N)=C(N)N2. The fourth-order valence-corrected chi connectivity index (χ4v) is 2.52. The number of nitrogens with two attached hydrogens (primary N) is 1. The molecule has 0 amide bonds. The Kier molecular flexibility index (Phi) is 3.08. The van der Waals surface area contributed by atoms with Gasteiger partial charge in [0.1, 0.15) is 17.9 Å². The molecule has 0 aliphatic carbocycles. The molecule has 1 atom stereocenters. The van der Waals surface area contributed by atoms with Gasteiger partial charge in [-0.05, 0) is 11.8 Å². The molecule has 0 bridgehead atoms. The number of hydrogen-bond donors (Lipinski definition) is 2. The lowest BCUT2D eigenvalue weighted by atomic mass is 9.98. The number of nitriles is 1. The fraction of sp³-hybridized carbons (Fsp3) is 0.154. The van der Waals surface area contributed by atoms with Crippen LogP contribution in [0.5, 0.6) is 0 Å². The maximum Gasteiger partial charge on any atom is 0.228 e. The standard InChI is InChI=1S/C13H12N6S/c1-20-13-17-12-16-11(15)9(7-14)10(19(12)18-13)8-5-3-2-4-6-8/h2-6,10H,15H2,1H3,(H,16,17,18)/t10-/m1/s1. The molecule has 100 valence electrons. The maximum absolute atomic E-state index is 9.39. The molecule has 3 rings (SSSR count). The largest absolute Gasteiger partial charge is 0.384 e. The van der Waals surface area contributed by atoms with E-state index in [9.17, 15) is 5.26 Å². The van der Waals surface area contributed by atoms with E-state index in [2.05, 4.69) is 21.5 Å². The molecular formula is C13H12N6S. The quantitative estimate of drug-likeness (QED) is 0.816. The lowest BCUT2D eigenvalue weighted by Crippen LogP contribution is -2.28. The topological polar surface area (TPSA) is 92.5 Å². The summed E-state index contributed by atoms with van der Waals surface area (Å²) in [6, 6.07) is 11.5. The van der Waals surface area contributed by atoms with Crippen molar-refractivity contribution in [3.63, 3.8) is 0 Å². The Labute approximate surface area is 120 Å². The molecule has 1 aromatic heterocycles. The molecule has 2 aromatic rings. The second-order valence-electron chi connectivity index (χ2n) is 4.24. The van der Waals surface area contributed by atoms with Gasteiger partial charge in [-0.1, -0.05) is 42.1 Å². The Morgan fingerprint density at radius 1 is 1.40 bits per heavy atom. The van der Waals surface area contributed by atoms with Crippen LogP contribution in [0, 0.1) is 11.3 Å². The minimum absolute atomic E-state index is 0.328. The summed E-state index contributed by atoms with van der Waals surface area (Å²) in [4.78, 5) is 4.34. The summed E-state index contributed by atoms with van der Waals surface area (Å²) in [6.07, 6.45) is 1.90. The molecule has 1 aliphatic heterocycles. The highest BCUT2D eigenvalue weighted by Gasteiger charge is 2.30. The third-order valence-electron chi connectivity index (χ3n) is 3.08. The zero-order valence-electron chi connectivity index (χ0n) is 10.7. The summed E-state index contributed by atoms with van der Waals surface area (Å²) in [5, 5.41) is 17.4. The Morgan fingerprint density at radius 3 is 2.80 bits per heavy atom. The molecular weight excluding hydrogens is 272 g/mol. The smallest absolute Gasteiger partial charge is 0.228 e. The van der Waals surface area contributed by atoms with Gasteiger partial charge in [0.15, 0.2) is 0 Å². The second kappa shape index (κ2) is 4.90. The summed E-state index contributed by atoms with van der Waals surface area (Å²) in [7, 11) is 0. The molecule has 6 nitrogen and oxygen atoms in total. The van der Waals surface area contributed by atoms with Gasteiger partial charge in [-0.25, -0.2) is 4.68 Å². The van der Waals surface area contributed by atoms with Crippen LogP contribution in [-0.4, -0.2) is 21.0 Å². The van der Waals surface area contributed by atoms with Crippen molar-refractivity contribution in [2.24, 2.45) is 5.73 Å². The number of allylic oxidation sites excluding steroid dienone is 1. The van der Waals surface area contributed by atoms with Crippen LogP contribution in [0.3, 0.4) is 0 Å². The van der Waals surface area contributed by atoms with Gasteiger partial charge in [0.05, 0.1) is 5.57 Å². The van der Waals surface area contributed by atoms with Crippen molar-refractivity contribution in [1.29, 1.82) is 5.26 Å². The van der Waals surface area contributed by atoms with E-state index in [-0.39, 0.29) is 6.04 Å². The summed E-state index contributed by atoms with van der Waals surface area (Å²) in [5.41, 5.74) is 7.34. The number of benzene rings is 1. The summed E-state index contributed by atoms with van der Waals surface area (Å²) in [6.45, 7) is 0. The van der Waals surface area contributed by atoms with Crippen molar-refractivity contribution >= 4 is 17.7 Å². The van der Waals surface area contributed by atoms with Gasteiger partial charge in [0, 0.05) is 0 Å². The maximum atomic E-state index is 9.39. The van der Waals surface area contributed by atoms with Crippen LogP contribution < -0.4 is 11.1 Å². The van der Waals surface area contributed by atoms with Crippen LogP contribution in [0.4, 0.5) is 5.95 Å². The van der Waals surface area contributed by atoms with Crippen LogP contribution in [-0.2, 0) is 0 Å². The highest BCUT2D eigenvalue weighted by molar-refractivity contribution is 7.98. The van der Waals surface area contributed by atoms with Crippen molar-refractivity contribution in [3.05, 3.63) is 47.3 Å². The van der Waals surface area contributed by atoms with E-state index in [1.54, 1.807) is 4.68 Å². The molecule has 1 aliphatic rings. The van der Waals surface area contributed by atoms with E-state index < -0.39 is 0 Å². The Bertz CT molecular complexity index is 712. The molecule has 7 heteroatoms. The predicted molar refractivity (Wildman–Crippen MR) is 76.8 cm³/mol. The molecule has 0 radical (unpaired) electrons. The Hall–Kier alpha value is -2.46. The first kappa shape index (κ1) is 12.6. The van der Waals surface area contributed by atoms with Gasteiger partial charge >= 0.3 is 0 Å². The molecule has 0 saturated carbocycles. The van der Waals surface area contributed by atoms with Crippen LogP contribution in [0.15, 0.2) is 46.9 Å². The third kappa shape index (κ3) is 1.90. The third-order valence-corrected chi connectivity index (χ3v) is 3.62. The van der Waals surface area contributed by atoms with Crippen molar-refractivity contribution < 1.29 is 0 Å².